The lowest BCUT2D eigenvalue weighted by Crippen LogP contribution is -2.37. The van der Waals surface area contributed by atoms with E-state index in [0.29, 0.717) is 22.5 Å². The lowest BCUT2D eigenvalue weighted by Gasteiger charge is -2.23. The monoisotopic (exact) mass is 383 g/mol. The van der Waals surface area contributed by atoms with Gasteiger partial charge in [-0.1, -0.05) is 18.5 Å². The van der Waals surface area contributed by atoms with E-state index < -0.39 is 0 Å². The Morgan fingerprint density at radius 3 is 2.56 bits per heavy atom. The molecule has 0 radical (unpaired) electrons. The molecule has 0 bridgehead atoms. The first-order chi connectivity index (χ1) is 13.2. The third-order valence-electron chi connectivity index (χ3n) is 6.86. The highest BCUT2D eigenvalue weighted by atomic mass is 35.5. The Morgan fingerprint density at radius 2 is 1.93 bits per heavy atom. The van der Waals surface area contributed by atoms with Gasteiger partial charge in [0.05, 0.1) is 6.04 Å². The number of nitrogens with one attached hydrogen (secondary N) is 1. The molecule has 1 N–H and O–H groups in total. The Hall–Kier alpha value is -1.81. The van der Waals surface area contributed by atoms with Crippen molar-refractivity contribution in [3.05, 3.63) is 52.8 Å². The van der Waals surface area contributed by atoms with Crippen molar-refractivity contribution in [3.63, 3.8) is 0 Å². The van der Waals surface area contributed by atoms with Gasteiger partial charge in [0.25, 0.3) is 5.91 Å². The molecule has 5 heteroatoms. The molecule has 0 saturated heterocycles. The highest BCUT2D eigenvalue weighted by Crippen LogP contribution is 2.63. The van der Waals surface area contributed by atoms with Crippen LogP contribution in [0.15, 0.2) is 36.5 Å². The average molecular weight is 384 g/mol. The first-order valence-corrected chi connectivity index (χ1v) is 10.6. The van der Waals surface area contributed by atoms with Crippen LogP contribution in [0.4, 0.5) is 0 Å². The summed E-state index contributed by atoms with van der Waals surface area (Å²) in [6.45, 7) is 2.18. The molecule has 27 heavy (non-hydrogen) atoms. The summed E-state index contributed by atoms with van der Waals surface area (Å²) in [5, 5.41) is 8.57. The third-order valence-corrected chi connectivity index (χ3v) is 7.11. The van der Waals surface area contributed by atoms with E-state index in [-0.39, 0.29) is 11.9 Å². The minimum absolute atomic E-state index is 0.0168. The number of benzene rings is 1. The molecule has 1 aromatic heterocycles. The summed E-state index contributed by atoms with van der Waals surface area (Å²) in [6, 6.07) is 10.2. The number of halogens is 1. The quantitative estimate of drug-likeness (QED) is 0.777. The van der Waals surface area contributed by atoms with Crippen LogP contribution in [0.3, 0.4) is 0 Å². The first kappa shape index (κ1) is 17.3. The van der Waals surface area contributed by atoms with Gasteiger partial charge in [0.1, 0.15) is 0 Å². The SMILES string of the molecule is CC[C@@H](NC(=O)c1ccc(Cl)cc1)[C@H]1[C@@H]2C[C@@H](n3nccc3C3CC3)C[C@@H]21. The summed E-state index contributed by atoms with van der Waals surface area (Å²) >= 11 is 5.93. The zero-order chi connectivity index (χ0) is 18.5. The average Bonchev–Trinajstić information content (AvgIpc) is 3.53. The Kier molecular flexibility index (Phi) is 4.27. The molecule has 3 saturated carbocycles. The molecule has 0 unspecified atom stereocenters. The third kappa shape index (κ3) is 3.18. The lowest BCUT2D eigenvalue weighted by molar-refractivity contribution is 0.0926. The standard InChI is InChI=1S/C22H26ClN3O/c1-2-19(25-22(27)14-5-7-15(23)8-6-14)21-17-11-16(12-18(17)21)26-20(9-10-24-26)13-3-4-13/h5-10,13,16-19,21H,2-4,11-12H2,1H3,(H,25,27)/t16-,17-,18+,19-,21+/m1/s1. The summed E-state index contributed by atoms with van der Waals surface area (Å²) in [5.74, 6) is 2.87. The fourth-order valence-corrected chi connectivity index (χ4v) is 5.44. The van der Waals surface area contributed by atoms with E-state index in [1.165, 1.54) is 31.4 Å². The first-order valence-electron chi connectivity index (χ1n) is 10.3. The Morgan fingerprint density at radius 1 is 1.22 bits per heavy atom. The molecular formula is C22H26ClN3O. The molecule has 0 spiro atoms. The van der Waals surface area contributed by atoms with E-state index in [1.807, 2.05) is 6.20 Å². The summed E-state index contributed by atoms with van der Waals surface area (Å²) < 4.78 is 2.31. The van der Waals surface area contributed by atoms with Crippen LogP contribution in [-0.4, -0.2) is 21.7 Å². The zero-order valence-corrected chi connectivity index (χ0v) is 16.4. The molecule has 1 amide bonds. The minimum atomic E-state index is 0.0168. The fraction of sp³-hybridized carbons (Fsp3) is 0.545. The maximum absolute atomic E-state index is 12.6. The van der Waals surface area contributed by atoms with Gasteiger partial charge in [0.15, 0.2) is 0 Å². The van der Waals surface area contributed by atoms with E-state index >= 15 is 0 Å². The van der Waals surface area contributed by atoms with Gasteiger partial charge in [0.2, 0.25) is 0 Å². The van der Waals surface area contributed by atoms with Crippen LogP contribution in [0.5, 0.6) is 0 Å². The van der Waals surface area contributed by atoms with Gasteiger partial charge < -0.3 is 5.32 Å². The van der Waals surface area contributed by atoms with Crippen LogP contribution in [0.1, 0.15) is 67.0 Å². The van der Waals surface area contributed by atoms with Crippen molar-refractivity contribution in [2.75, 3.05) is 0 Å². The lowest BCUT2D eigenvalue weighted by atomic mass is 9.99. The Balaban J connectivity index is 1.21. The van der Waals surface area contributed by atoms with Gasteiger partial charge in [-0.3, -0.25) is 9.48 Å². The highest BCUT2D eigenvalue weighted by Gasteiger charge is 2.59. The van der Waals surface area contributed by atoms with Crippen LogP contribution in [0, 0.1) is 17.8 Å². The highest BCUT2D eigenvalue weighted by molar-refractivity contribution is 6.30. The van der Waals surface area contributed by atoms with Gasteiger partial charge in [-0.05, 0) is 80.2 Å². The maximum atomic E-state index is 12.6. The molecule has 3 aliphatic carbocycles. The Labute approximate surface area is 165 Å². The number of fused-ring (bicyclic) bond motifs is 1. The van der Waals surface area contributed by atoms with Gasteiger partial charge in [-0.25, -0.2) is 0 Å². The summed E-state index contributed by atoms with van der Waals surface area (Å²) in [6.07, 6.45) is 8.02. The van der Waals surface area contributed by atoms with Gasteiger partial charge in [0, 0.05) is 34.4 Å². The fourth-order valence-electron chi connectivity index (χ4n) is 5.31. The summed E-state index contributed by atoms with van der Waals surface area (Å²) in [4.78, 5) is 12.6. The number of hydrogen-bond donors (Lipinski definition) is 1. The second kappa shape index (κ2) is 6.66. The normalized spacial score (nSPS) is 30.0. The molecule has 5 atom stereocenters. The predicted molar refractivity (Wildman–Crippen MR) is 106 cm³/mol. The van der Waals surface area contributed by atoms with Crippen LogP contribution >= 0.6 is 11.6 Å². The number of rotatable bonds is 6. The van der Waals surface area contributed by atoms with Crippen molar-refractivity contribution in [1.82, 2.24) is 15.1 Å². The summed E-state index contributed by atoms with van der Waals surface area (Å²) in [7, 11) is 0. The molecule has 3 aliphatic rings. The van der Waals surface area contributed by atoms with E-state index in [1.54, 1.807) is 24.3 Å². The topological polar surface area (TPSA) is 46.9 Å². The van der Waals surface area contributed by atoms with Crippen LogP contribution in [0.25, 0.3) is 0 Å². The molecule has 3 fully saturated rings. The zero-order valence-electron chi connectivity index (χ0n) is 15.6. The number of amides is 1. The molecular weight excluding hydrogens is 358 g/mol. The summed E-state index contributed by atoms with van der Waals surface area (Å²) in [5.41, 5.74) is 2.13. The van der Waals surface area contributed by atoms with Crippen molar-refractivity contribution >= 4 is 17.5 Å². The molecule has 1 heterocycles. The van der Waals surface area contributed by atoms with Crippen molar-refractivity contribution in [1.29, 1.82) is 0 Å². The second-order valence-corrected chi connectivity index (χ2v) is 8.94. The van der Waals surface area contributed by atoms with Crippen LogP contribution in [0.2, 0.25) is 5.02 Å². The van der Waals surface area contributed by atoms with Crippen molar-refractivity contribution in [3.8, 4) is 0 Å². The van der Waals surface area contributed by atoms with E-state index in [9.17, 15) is 4.79 Å². The van der Waals surface area contributed by atoms with Gasteiger partial charge in [-0.15, -0.1) is 0 Å². The van der Waals surface area contributed by atoms with Crippen LogP contribution in [-0.2, 0) is 0 Å². The largest absolute Gasteiger partial charge is 0.349 e. The Bertz CT molecular complexity index is 829. The molecule has 4 nitrogen and oxygen atoms in total. The van der Waals surface area contributed by atoms with Gasteiger partial charge in [-0.2, -0.15) is 5.10 Å². The molecule has 2 aromatic rings. The van der Waals surface area contributed by atoms with Crippen molar-refractivity contribution < 1.29 is 4.79 Å². The smallest absolute Gasteiger partial charge is 0.251 e. The van der Waals surface area contributed by atoms with E-state index in [0.717, 1.165) is 24.2 Å². The van der Waals surface area contributed by atoms with Gasteiger partial charge >= 0.3 is 0 Å². The predicted octanol–water partition coefficient (Wildman–Crippen LogP) is 4.82. The van der Waals surface area contributed by atoms with E-state index in [2.05, 4.69) is 28.1 Å². The number of carbonyl (C=O) groups excluding carboxylic acids is 1. The molecule has 0 aliphatic heterocycles. The molecule has 5 rings (SSSR count). The van der Waals surface area contributed by atoms with E-state index in [4.69, 9.17) is 11.6 Å². The number of nitrogens with zero attached hydrogens (tertiary/aromatic N) is 2. The van der Waals surface area contributed by atoms with Crippen molar-refractivity contribution in [2.24, 2.45) is 17.8 Å². The minimum Gasteiger partial charge on any atom is -0.349 e. The maximum Gasteiger partial charge on any atom is 0.251 e. The molecule has 142 valence electrons. The van der Waals surface area contributed by atoms with Crippen LogP contribution < -0.4 is 5.32 Å². The number of aromatic nitrogens is 2. The number of hydrogen-bond acceptors (Lipinski definition) is 2. The number of carbonyl (C=O) groups is 1. The second-order valence-electron chi connectivity index (χ2n) is 8.50. The molecule has 1 aromatic carbocycles. The van der Waals surface area contributed by atoms with Crippen molar-refractivity contribution in [2.45, 2.75) is 57.0 Å².